The Kier molecular flexibility index (Phi) is 5.08. The van der Waals surface area contributed by atoms with E-state index in [2.05, 4.69) is 5.32 Å². The van der Waals surface area contributed by atoms with E-state index in [4.69, 9.17) is 0 Å². The van der Waals surface area contributed by atoms with Crippen LogP contribution in [0.1, 0.15) is 32.3 Å². The lowest BCUT2D eigenvalue weighted by Crippen LogP contribution is -2.58. The highest BCUT2D eigenvalue weighted by Gasteiger charge is 2.38. The Labute approximate surface area is 148 Å². The first kappa shape index (κ1) is 17.9. The summed E-state index contributed by atoms with van der Waals surface area (Å²) in [6.07, 6.45) is 1.83. The fraction of sp³-hybridized carbons (Fsp3) is 0.579. The van der Waals surface area contributed by atoms with E-state index in [1.54, 1.807) is 12.1 Å². The maximum atomic E-state index is 13.2. The standard InChI is InChI=1S/C19H26FN3O2/c1-19(2,14-5-7-15(20)8-6-14)18(25)22-10-3-4-16(13-22)23-11-9-21-12-17(23)24/h5-8,16,21H,3-4,9-13H2,1-2H3. The molecule has 1 aromatic rings. The summed E-state index contributed by atoms with van der Waals surface area (Å²) in [4.78, 5) is 29.1. The van der Waals surface area contributed by atoms with Gasteiger partial charge in [-0.25, -0.2) is 4.39 Å². The highest BCUT2D eigenvalue weighted by Crippen LogP contribution is 2.28. The van der Waals surface area contributed by atoms with Crippen LogP contribution in [0.2, 0.25) is 0 Å². The van der Waals surface area contributed by atoms with Gasteiger partial charge in [0, 0.05) is 32.2 Å². The second-order valence-electron chi connectivity index (χ2n) is 7.44. The molecule has 1 atom stereocenters. The zero-order valence-electron chi connectivity index (χ0n) is 14.9. The molecule has 0 aliphatic carbocycles. The third-order valence-electron chi connectivity index (χ3n) is 5.35. The van der Waals surface area contributed by atoms with Gasteiger partial charge in [-0.2, -0.15) is 0 Å². The number of amides is 2. The number of halogens is 1. The predicted octanol–water partition coefficient (Wildman–Crippen LogP) is 1.53. The quantitative estimate of drug-likeness (QED) is 0.902. The van der Waals surface area contributed by atoms with Gasteiger partial charge in [0.25, 0.3) is 0 Å². The third-order valence-corrected chi connectivity index (χ3v) is 5.35. The molecule has 2 amide bonds. The number of hydrogen-bond donors (Lipinski definition) is 1. The number of benzene rings is 1. The summed E-state index contributed by atoms with van der Waals surface area (Å²) in [5, 5.41) is 3.09. The van der Waals surface area contributed by atoms with Crippen molar-refractivity contribution in [3.8, 4) is 0 Å². The summed E-state index contributed by atoms with van der Waals surface area (Å²) >= 11 is 0. The molecule has 6 heteroatoms. The zero-order valence-corrected chi connectivity index (χ0v) is 14.9. The van der Waals surface area contributed by atoms with Crippen molar-refractivity contribution in [3.63, 3.8) is 0 Å². The van der Waals surface area contributed by atoms with E-state index in [1.165, 1.54) is 12.1 Å². The first-order valence-corrected chi connectivity index (χ1v) is 8.95. The van der Waals surface area contributed by atoms with Crippen LogP contribution in [0.15, 0.2) is 24.3 Å². The lowest BCUT2D eigenvalue weighted by Gasteiger charge is -2.43. The molecule has 25 heavy (non-hydrogen) atoms. The van der Waals surface area contributed by atoms with Gasteiger partial charge < -0.3 is 15.1 Å². The molecule has 136 valence electrons. The molecule has 2 saturated heterocycles. The Morgan fingerprint density at radius 1 is 1.24 bits per heavy atom. The molecule has 2 aliphatic heterocycles. The minimum atomic E-state index is -0.719. The normalized spacial score (nSPS) is 22.2. The number of piperazine rings is 1. The highest BCUT2D eigenvalue weighted by molar-refractivity contribution is 5.87. The average Bonchev–Trinajstić information content (AvgIpc) is 2.62. The van der Waals surface area contributed by atoms with Gasteiger partial charge in [0.05, 0.1) is 12.0 Å². The lowest BCUT2D eigenvalue weighted by molar-refractivity contribution is -0.143. The molecule has 2 aliphatic rings. The molecule has 2 fully saturated rings. The van der Waals surface area contributed by atoms with Crippen molar-refractivity contribution in [1.29, 1.82) is 0 Å². The van der Waals surface area contributed by atoms with Gasteiger partial charge in [-0.15, -0.1) is 0 Å². The van der Waals surface area contributed by atoms with Crippen LogP contribution in [0, 0.1) is 5.82 Å². The van der Waals surface area contributed by atoms with Crippen molar-refractivity contribution in [2.24, 2.45) is 0 Å². The van der Waals surface area contributed by atoms with E-state index in [-0.39, 0.29) is 23.7 Å². The molecular formula is C19H26FN3O2. The predicted molar refractivity (Wildman–Crippen MR) is 93.6 cm³/mol. The van der Waals surface area contributed by atoms with Crippen LogP contribution >= 0.6 is 0 Å². The largest absolute Gasteiger partial charge is 0.340 e. The molecule has 3 rings (SSSR count). The second-order valence-corrected chi connectivity index (χ2v) is 7.44. The summed E-state index contributed by atoms with van der Waals surface area (Å²) in [5.74, 6) is -0.156. The lowest BCUT2D eigenvalue weighted by atomic mass is 9.82. The Balaban J connectivity index is 1.72. The summed E-state index contributed by atoms with van der Waals surface area (Å²) < 4.78 is 13.2. The van der Waals surface area contributed by atoms with Crippen molar-refractivity contribution in [3.05, 3.63) is 35.6 Å². The number of nitrogens with one attached hydrogen (secondary N) is 1. The van der Waals surface area contributed by atoms with Crippen molar-refractivity contribution >= 4 is 11.8 Å². The number of carbonyl (C=O) groups is 2. The van der Waals surface area contributed by atoms with Gasteiger partial charge in [0.15, 0.2) is 0 Å². The SMILES string of the molecule is CC(C)(C(=O)N1CCCC(N2CCNCC2=O)C1)c1ccc(F)cc1. The topological polar surface area (TPSA) is 52.7 Å². The molecule has 0 aromatic heterocycles. The molecule has 5 nitrogen and oxygen atoms in total. The molecule has 1 aromatic carbocycles. The first-order valence-electron chi connectivity index (χ1n) is 8.95. The minimum absolute atomic E-state index is 0.0337. The van der Waals surface area contributed by atoms with Crippen molar-refractivity contribution < 1.29 is 14.0 Å². The van der Waals surface area contributed by atoms with Crippen LogP contribution in [0.4, 0.5) is 4.39 Å². The van der Waals surface area contributed by atoms with E-state index in [0.717, 1.165) is 24.9 Å². The Morgan fingerprint density at radius 2 is 1.96 bits per heavy atom. The maximum absolute atomic E-state index is 13.2. The summed E-state index contributed by atoms with van der Waals surface area (Å²) in [6, 6.07) is 6.23. The number of rotatable bonds is 3. The smallest absolute Gasteiger partial charge is 0.236 e. The molecule has 1 unspecified atom stereocenters. The number of nitrogens with zero attached hydrogens (tertiary/aromatic N) is 2. The number of hydrogen-bond acceptors (Lipinski definition) is 3. The fourth-order valence-corrected chi connectivity index (χ4v) is 3.79. The van der Waals surface area contributed by atoms with Crippen LogP contribution in [0.25, 0.3) is 0 Å². The van der Waals surface area contributed by atoms with Crippen molar-refractivity contribution in [2.45, 2.75) is 38.1 Å². The maximum Gasteiger partial charge on any atom is 0.236 e. The first-order chi connectivity index (χ1) is 11.9. The molecule has 0 spiro atoms. The van der Waals surface area contributed by atoms with E-state index < -0.39 is 5.41 Å². The van der Waals surface area contributed by atoms with Gasteiger partial charge in [-0.3, -0.25) is 9.59 Å². The molecular weight excluding hydrogens is 321 g/mol. The minimum Gasteiger partial charge on any atom is -0.340 e. The van der Waals surface area contributed by atoms with Crippen LogP contribution in [-0.2, 0) is 15.0 Å². The zero-order chi connectivity index (χ0) is 18.0. The Morgan fingerprint density at radius 3 is 2.64 bits per heavy atom. The van der Waals surface area contributed by atoms with Crippen LogP contribution in [0.5, 0.6) is 0 Å². The average molecular weight is 347 g/mol. The van der Waals surface area contributed by atoms with Crippen molar-refractivity contribution in [2.75, 3.05) is 32.7 Å². The summed E-state index contributed by atoms with van der Waals surface area (Å²) in [5.41, 5.74) is 0.0857. The van der Waals surface area contributed by atoms with Gasteiger partial charge in [0.1, 0.15) is 5.82 Å². The van der Waals surface area contributed by atoms with Crippen LogP contribution in [-0.4, -0.2) is 60.4 Å². The summed E-state index contributed by atoms with van der Waals surface area (Å²) in [7, 11) is 0. The van der Waals surface area contributed by atoms with E-state index >= 15 is 0 Å². The fourth-order valence-electron chi connectivity index (χ4n) is 3.79. The van der Waals surface area contributed by atoms with Crippen LogP contribution < -0.4 is 5.32 Å². The summed E-state index contributed by atoms with van der Waals surface area (Å²) in [6.45, 7) is 6.93. The highest BCUT2D eigenvalue weighted by atomic mass is 19.1. The van der Waals surface area contributed by atoms with Gasteiger partial charge >= 0.3 is 0 Å². The number of piperidine rings is 1. The monoisotopic (exact) mass is 347 g/mol. The van der Waals surface area contributed by atoms with Crippen LogP contribution in [0.3, 0.4) is 0 Å². The number of likely N-dealkylation sites (tertiary alicyclic amines) is 1. The van der Waals surface area contributed by atoms with Gasteiger partial charge in [-0.1, -0.05) is 12.1 Å². The molecule has 2 heterocycles. The van der Waals surface area contributed by atoms with Gasteiger partial charge in [0.2, 0.25) is 11.8 Å². The second kappa shape index (κ2) is 7.12. The van der Waals surface area contributed by atoms with E-state index in [0.29, 0.717) is 26.2 Å². The van der Waals surface area contributed by atoms with Crippen molar-refractivity contribution in [1.82, 2.24) is 15.1 Å². The molecule has 0 bridgehead atoms. The number of carbonyl (C=O) groups excluding carboxylic acids is 2. The van der Waals surface area contributed by atoms with E-state index in [9.17, 15) is 14.0 Å². The third kappa shape index (κ3) is 3.68. The Bertz CT molecular complexity index is 645. The van der Waals surface area contributed by atoms with Gasteiger partial charge in [-0.05, 0) is 44.4 Å². The Hall–Kier alpha value is -1.95. The molecule has 1 N–H and O–H groups in total. The van der Waals surface area contributed by atoms with E-state index in [1.807, 2.05) is 23.6 Å². The molecule has 0 radical (unpaired) electrons. The molecule has 0 saturated carbocycles.